The van der Waals surface area contributed by atoms with Gasteiger partial charge < -0.3 is 24.7 Å². The van der Waals surface area contributed by atoms with Crippen molar-refractivity contribution < 1.29 is 29.3 Å². The molecule has 1 aromatic heterocycles. The predicted molar refractivity (Wildman–Crippen MR) is 150 cm³/mol. The van der Waals surface area contributed by atoms with Crippen molar-refractivity contribution in [3.63, 3.8) is 0 Å². The van der Waals surface area contributed by atoms with E-state index in [0.29, 0.717) is 50.0 Å². The fourth-order valence-electron chi connectivity index (χ4n) is 4.48. The van der Waals surface area contributed by atoms with Crippen LogP contribution in [0.25, 0.3) is 33.3 Å². The predicted octanol–water partition coefficient (Wildman–Crippen LogP) is 8.13. The molecule has 0 saturated heterocycles. The zero-order chi connectivity index (χ0) is 27.7. The molecule has 0 aliphatic carbocycles. The monoisotopic (exact) mass is 541 g/mol. The number of nitrogens with one attached hydrogen (secondary N) is 1. The number of aromatic amines is 1. The maximum absolute atomic E-state index is 12.7. The van der Waals surface area contributed by atoms with Gasteiger partial charge in [-0.3, -0.25) is 0 Å². The van der Waals surface area contributed by atoms with Gasteiger partial charge in [0.2, 0.25) is 0 Å². The molecule has 5 rings (SSSR count). The summed E-state index contributed by atoms with van der Waals surface area (Å²) < 4.78 is 12.0. The van der Waals surface area contributed by atoms with Crippen LogP contribution in [-0.4, -0.2) is 33.2 Å². The summed E-state index contributed by atoms with van der Waals surface area (Å²) in [7, 11) is 0. The number of fused-ring (bicyclic) bond motifs is 1. The summed E-state index contributed by atoms with van der Waals surface area (Å²) in [5.74, 6) is -0.576. The van der Waals surface area contributed by atoms with E-state index in [9.17, 15) is 19.8 Å². The first-order valence-electron chi connectivity index (χ1n) is 12.2. The van der Waals surface area contributed by atoms with E-state index in [0.717, 1.165) is 5.56 Å². The molecule has 1 heterocycles. The molecule has 0 radical (unpaired) electrons. The van der Waals surface area contributed by atoms with Gasteiger partial charge in [-0.25, -0.2) is 9.59 Å². The Balaban J connectivity index is 1.75. The molecule has 0 spiro atoms. The summed E-state index contributed by atoms with van der Waals surface area (Å²) in [4.78, 5) is 27.3. The Morgan fingerprint density at radius 1 is 0.821 bits per heavy atom. The molecule has 0 unspecified atom stereocenters. The molecule has 0 atom stereocenters. The molecule has 39 heavy (non-hydrogen) atoms. The van der Waals surface area contributed by atoms with Crippen LogP contribution in [0.5, 0.6) is 17.2 Å². The summed E-state index contributed by atoms with van der Waals surface area (Å²) in [5.41, 5.74) is 2.93. The second kappa shape index (κ2) is 10.6. The molecule has 8 heteroatoms. The Labute approximate surface area is 229 Å². The number of carbonyl (C=O) groups is 2. The van der Waals surface area contributed by atoms with E-state index < -0.39 is 11.9 Å². The first kappa shape index (κ1) is 25.9. The number of aromatic nitrogens is 1. The first-order valence-corrected chi connectivity index (χ1v) is 12.5. The van der Waals surface area contributed by atoms with Crippen molar-refractivity contribution in [2.75, 3.05) is 0 Å². The van der Waals surface area contributed by atoms with Crippen LogP contribution in [-0.2, 0) is 0 Å². The van der Waals surface area contributed by atoms with Crippen molar-refractivity contribution in [3.8, 4) is 39.6 Å². The van der Waals surface area contributed by atoms with Crippen LogP contribution in [0.1, 0.15) is 34.6 Å². The fraction of sp³-hybridized carbons (Fsp3) is 0.0968. The van der Waals surface area contributed by atoms with Gasteiger partial charge in [-0.2, -0.15) is 0 Å². The van der Waals surface area contributed by atoms with E-state index in [1.807, 2.05) is 38.1 Å². The lowest BCUT2D eigenvalue weighted by Crippen LogP contribution is -2.05. The second-order valence-corrected chi connectivity index (χ2v) is 9.61. The lowest BCUT2D eigenvalue weighted by atomic mass is 9.95. The number of rotatable bonds is 8. The summed E-state index contributed by atoms with van der Waals surface area (Å²) >= 11 is 6.18. The van der Waals surface area contributed by atoms with Crippen molar-refractivity contribution in [2.45, 2.75) is 20.0 Å². The molecule has 196 valence electrons. The normalized spacial score (nSPS) is 11.1. The summed E-state index contributed by atoms with van der Waals surface area (Å²) in [6.45, 7) is 3.88. The molecule has 5 aromatic rings. The van der Waals surface area contributed by atoms with E-state index in [-0.39, 0.29) is 17.2 Å². The van der Waals surface area contributed by atoms with Crippen LogP contribution >= 0.6 is 11.6 Å². The minimum atomic E-state index is -1.14. The molecule has 4 aromatic carbocycles. The van der Waals surface area contributed by atoms with Crippen LogP contribution in [0.2, 0.25) is 5.02 Å². The maximum atomic E-state index is 12.7. The zero-order valence-corrected chi connectivity index (χ0v) is 21.8. The van der Waals surface area contributed by atoms with E-state index in [2.05, 4.69) is 4.98 Å². The van der Waals surface area contributed by atoms with Crippen molar-refractivity contribution in [1.29, 1.82) is 0 Å². The van der Waals surface area contributed by atoms with Gasteiger partial charge in [0, 0.05) is 21.5 Å². The van der Waals surface area contributed by atoms with E-state index in [1.54, 1.807) is 48.5 Å². The van der Waals surface area contributed by atoms with Gasteiger partial charge in [-0.1, -0.05) is 41.9 Å². The number of hydrogen-bond donors (Lipinski definition) is 3. The standard InChI is InChI=1S/C31H24ClNO6/c1-17(2)38-22-12-10-18(11-13-22)26-25(39-23-5-3-4-21(32)16-23)15-14-24-27(26)28(31(36)37)29(33-24)19-6-8-20(9-7-19)30(34)35/h3-17,33H,1-2H3,(H,34,35)(H,36,37). The second-order valence-electron chi connectivity index (χ2n) is 9.17. The Kier molecular flexibility index (Phi) is 7.00. The van der Waals surface area contributed by atoms with Crippen LogP contribution in [0.4, 0.5) is 0 Å². The van der Waals surface area contributed by atoms with Crippen molar-refractivity contribution in [3.05, 3.63) is 101 Å². The van der Waals surface area contributed by atoms with E-state index in [1.165, 1.54) is 12.1 Å². The molecule has 0 saturated carbocycles. The third kappa shape index (κ3) is 5.30. The molecule has 3 N–H and O–H groups in total. The number of H-pyrrole nitrogens is 1. The lowest BCUT2D eigenvalue weighted by molar-refractivity contribution is 0.0687. The Morgan fingerprint density at radius 3 is 2.13 bits per heavy atom. The molecule has 0 bridgehead atoms. The number of carboxylic acid groups (broad SMARTS) is 2. The summed E-state index contributed by atoms with van der Waals surface area (Å²) in [6.07, 6.45) is -0.000587. The highest BCUT2D eigenvalue weighted by Crippen LogP contribution is 2.44. The Morgan fingerprint density at radius 2 is 1.51 bits per heavy atom. The third-order valence-corrected chi connectivity index (χ3v) is 6.33. The average Bonchev–Trinajstić information content (AvgIpc) is 3.29. The summed E-state index contributed by atoms with van der Waals surface area (Å²) in [5, 5.41) is 20.6. The highest BCUT2D eigenvalue weighted by molar-refractivity contribution is 6.30. The molecular formula is C31H24ClNO6. The Bertz CT molecular complexity index is 1690. The third-order valence-electron chi connectivity index (χ3n) is 6.10. The highest BCUT2D eigenvalue weighted by atomic mass is 35.5. The molecule has 0 aliphatic rings. The lowest BCUT2D eigenvalue weighted by Gasteiger charge is -2.15. The van der Waals surface area contributed by atoms with Crippen molar-refractivity contribution >= 4 is 34.4 Å². The number of hydrogen-bond acceptors (Lipinski definition) is 4. The molecule has 7 nitrogen and oxygen atoms in total. The minimum absolute atomic E-state index is 0.000587. The van der Waals surface area contributed by atoms with Crippen molar-refractivity contribution in [2.24, 2.45) is 0 Å². The number of carboxylic acids is 2. The van der Waals surface area contributed by atoms with Crippen LogP contribution in [0.3, 0.4) is 0 Å². The molecule has 0 fully saturated rings. The number of aromatic carboxylic acids is 2. The van der Waals surface area contributed by atoms with Gasteiger partial charge in [0.15, 0.2) is 0 Å². The van der Waals surface area contributed by atoms with Gasteiger partial charge in [-0.15, -0.1) is 0 Å². The Hall–Kier alpha value is -4.75. The molecule has 0 amide bonds. The SMILES string of the molecule is CC(C)Oc1ccc(-c2c(Oc3cccc(Cl)c3)ccc3[nH]c(-c4ccc(C(=O)O)cc4)c(C(=O)O)c23)cc1. The molecular weight excluding hydrogens is 518 g/mol. The highest BCUT2D eigenvalue weighted by Gasteiger charge is 2.25. The quantitative estimate of drug-likeness (QED) is 0.183. The van der Waals surface area contributed by atoms with E-state index >= 15 is 0 Å². The van der Waals surface area contributed by atoms with Gasteiger partial charge >= 0.3 is 11.9 Å². The fourth-order valence-corrected chi connectivity index (χ4v) is 4.66. The van der Waals surface area contributed by atoms with Crippen LogP contribution in [0, 0.1) is 0 Å². The first-order chi connectivity index (χ1) is 18.7. The van der Waals surface area contributed by atoms with Crippen LogP contribution < -0.4 is 9.47 Å². The molecule has 0 aliphatic heterocycles. The zero-order valence-electron chi connectivity index (χ0n) is 21.1. The van der Waals surface area contributed by atoms with Crippen molar-refractivity contribution in [1.82, 2.24) is 4.98 Å². The minimum Gasteiger partial charge on any atom is -0.491 e. The van der Waals surface area contributed by atoms with Gasteiger partial charge in [0.25, 0.3) is 0 Å². The number of benzene rings is 4. The smallest absolute Gasteiger partial charge is 0.338 e. The van der Waals surface area contributed by atoms with E-state index in [4.69, 9.17) is 21.1 Å². The van der Waals surface area contributed by atoms with Gasteiger partial charge in [0.1, 0.15) is 17.2 Å². The van der Waals surface area contributed by atoms with Crippen LogP contribution in [0.15, 0.2) is 84.9 Å². The average molecular weight is 542 g/mol. The number of ether oxygens (including phenoxy) is 2. The topological polar surface area (TPSA) is 109 Å². The van der Waals surface area contributed by atoms with Gasteiger partial charge in [-0.05, 0) is 79.6 Å². The summed E-state index contributed by atoms with van der Waals surface area (Å²) in [6, 6.07) is 23.9. The maximum Gasteiger partial charge on any atom is 0.338 e. The number of halogens is 1. The van der Waals surface area contributed by atoms with Gasteiger partial charge in [0.05, 0.1) is 22.9 Å². The largest absolute Gasteiger partial charge is 0.491 e.